The zero-order valence-corrected chi connectivity index (χ0v) is 14.4. The lowest BCUT2D eigenvalue weighted by Gasteiger charge is -2.38. The van der Waals surface area contributed by atoms with Gasteiger partial charge >= 0.3 is 5.97 Å². The quantitative estimate of drug-likeness (QED) is 0.784. The molecule has 23 heavy (non-hydrogen) atoms. The predicted molar refractivity (Wildman–Crippen MR) is 88.1 cm³/mol. The van der Waals surface area contributed by atoms with Crippen LogP contribution in [0.5, 0.6) is 0 Å². The number of ether oxygens (including phenoxy) is 1. The predicted octanol–water partition coefficient (Wildman–Crippen LogP) is 2.74. The van der Waals surface area contributed by atoms with Gasteiger partial charge in [0.2, 0.25) is 0 Å². The second-order valence-electron chi connectivity index (χ2n) is 5.80. The maximum absolute atomic E-state index is 14.2. The van der Waals surface area contributed by atoms with Crippen molar-refractivity contribution < 1.29 is 18.7 Å². The van der Waals surface area contributed by atoms with Crippen LogP contribution in [0.4, 0.5) is 10.1 Å². The zero-order valence-electron chi connectivity index (χ0n) is 14.4. The number of nitrogens with zero attached hydrogens (tertiary/aromatic N) is 1. The fourth-order valence-corrected chi connectivity index (χ4v) is 2.40. The summed E-state index contributed by atoms with van der Waals surface area (Å²) < 4.78 is 19.1. The third kappa shape index (κ3) is 4.21. The van der Waals surface area contributed by atoms with E-state index in [0.29, 0.717) is 12.2 Å². The van der Waals surface area contributed by atoms with Crippen molar-refractivity contribution in [2.75, 3.05) is 25.6 Å². The molecule has 0 radical (unpaired) electrons. The molecule has 0 aromatic heterocycles. The molecule has 0 saturated heterocycles. The molecule has 0 atom stereocenters. The van der Waals surface area contributed by atoms with Crippen LogP contribution in [0.15, 0.2) is 18.2 Å². The van der Waals surface area contributed by atoms with Crippen molar-refractivity contribution in [3.63, 3.8) is 0 Å². The Hall–Kier alpha value is -2.11. The topological polar surface area (TPSA) is 58.6 Å². The molecule has 128 valence electrons. The van der Waals surface area contributed by atoms with Gasteiger partial charge in [-0.3, -0.25) is 4.79 Å². The summed E-state index contributed by atoms with van der Waals surface area (Å²) >= 11 is 0. The van der Waals surface area contributed by atoms with Crippen molar-refractivity contribution in [2.45, 2.75) is 39.2 Å². The average Bonchev–Trinajstić information content (AvgIpc) is 2.53. The molecule has 0 saturated carbocycles. The fraction of sp³-hybridized carbons (Fsp3) is 0.529. The van der Waals surface area contributed by atoms with E-state index in [2.05, 4.69) is 5.32 Å². The second kappa shape index (κ2) is 7.94. The Morgan fingerprint density at radius 2 is 2.00 bits per heavy atom. The van der Waals surface area contributed by atoms with Gasteiger partial charge in [0, 0.05) is 19.3 Å². The van der Waals surface area contributed by atoms with Gasteiger partial charge < -0.3 is 15.0 Å². The lowest BCUT2D eigenvalue weighted by atomic mass is 10.0. The number of halogens is 1. The summed E-state index contributed by atoms with van der Waals surface area (Å²) in [5.41, 5.74) is -0.424. The number of methoxy groups -OCH3 is 1. The van der Waals surface area contributed by atoms with Crippen LogP contribution in [0.25, 0.3) is 0 Å². The van der Waals surface area contributed by atoms with Crippen LogP contribution in [0.1, 0.15) is 44.0 Å². The van der Waals surface area contributed by atoms with Gasteiger partial charge in [0.25, 0.3) is 5.91 Å². The van der Waals surface area contributed by atoms with Gasteiger partial charge in [0.15, 0.2) is 0 Å². The van der Waals surface area contributed by atoms with E-state index < -0.39 is 23.2 Å². The molecule has 1 rings (SSSR count). The summed E-state index contributed by atoms with van der Waals surface area (Å²) in [6.45, 7) is 6.09. The molecule has 0 fully saturated rings. The Balaban J connectivity index is 3.25. The Bertz CT molecular complexity index is 573. The largest absolute Gasteiger partial charge is 0.467 e. The van der Waals surface area contributed by atoms with Gasteiger partial charge in [-0.1, -0.05) is 13.3 Å². The summed E-state index contributed by atoms with van der Waals surface area (Å²) in [5, 5.41) is 2.40. The van der Waals surface area contributed by atoms with Crippen LogP contribution in [0.2, 0.25) is 0 Å². The molecule has 5 nitrogen and oxygen atoms in total. The molecule has 0 heterocycles. The molecule has 6 heteroatoms. The summed E-state index contributed by atoms with van der Waals surface area (Å²) in [5.74, 6) is -1.50. The number of unbranched alkanes of at least 4 members (excludes halogenated alkanes) is 1. The van der Waals surface area contributed by atoms with E-state index >= 15 is 0 Å². The highest BCUT2D eigenvalue weighted by atomic mass is 19.1. The standard InChI is InChI=1S/C17H25FN2O3/c1-6-7-10-20(17(2,3)16(22)23-5)12-8-9-13(14(18)11-12)15(21)19-4/h8-9,11H,6-7,10H2,1-5H3,(H,19,21). The molecule has 0 spiro atoms. The van der Waals surface area contributed by atoms with Crippen LogP contribution < -0.4 is 10.2 Å². The van der Waals surface area contributed by atoms with Gasteiger partial charge in [0.1, 0.15) is 11.4 Å². The molecule has 0 aliphatic heterocycles. The molecular weight excluding hydrogens is 299 g/mol. The maximum atomic E-state index is 14.2. The Morgan fingerprint density at radius 3 is 2.48 bits per heavy atom. The van der Waals surface area contributed by atoms with E-state index in [9.17, 15) is 14.0 Å². The first kappa shape index (κ1) is 18.9. The van der Waals surface area contributed by atoms with E-state index in [1.54, 1.807) is 24.8 Å². The first-order valence-corrected chi connectivity index (χ1v) is 7.67. The van der Waals surface area contributed by atoms with Gasteiger partial charge in [-0.2, -0.15) is 0 Å². The number of esters is 1. The number of amides is 1. The number of anilines is 1. The van der Waals surface area contributed by atoms with Crippen LogP contribution in [0, 0.1) is 5.82 Å². The average molecular weight is 324 g/mol. The second-order valence-corrected chi connectivity index (χ2v) is 5.80. The number of benzene rings is 1. The minimum absolute atomic E-state index is 0.0254. The van der Waals surface area contributed by atoms with Crippen molar-refractivity contribution in [2.24, 2.45) is 0 Å². The molecule has 1 amide bonds. The van der Waals surface area contributed by atoms with Crippen molar-refractivity contribution in [3.8, 4) is 0 Å². The van der Waals surface area contributed by atoms with E-state index in [1.165, 1.54) is 26.3 Å². The molecule has 1 aromatic carbocycles. The molecule has 0 unspecified atom stereocenters. The third-order valence-corrected chi connectivity index (χ3v) is 3.83. The molecule has 1 aromatic rings. The van der Waals surface area contributed by atoms with Gasteiger partial charge in [0.05, 0.1) is 12.7 Å². The maximum Gasteiger partial charge on any atom is 0.331 e. The number of hydrogen-bond acceptors (Lipinski definition) is 4. The molecular formula is C17H25FN2O3. The molecule has 0 aliphatic carbocycles. The summed E-state index contributed by atoms with van der Waals surface area (Å²) in [4.78, 5) is 25.5. The Kier molecular flexibility index (Phi) is 6.54. The molecule has 0 bridgehead atoms. The minimum Gasteiger partial charge on any atom is -0.467 e. The first-order chi connectivity index (χ1) is 10.8. The lowest BCUT2D eigenvalue weighted by molar-refractivity contribution is -0.145. The number of nitrogens with one attached hydrogen (secondary N) is 1. The highest BCUT2D eigenvalue weighted by Gasteiger charge is 2.36. The third-order valence-electron chi connectivity index (χ3n) is 3.83. The fourth-order valence-electron chi connectivity index (χ4n) is 2.40. The van der Waals surface area contributed by atoms with Crippen molar-refractivity contribution in [1.82, 2.24) is 5.32 Å². The van der Waals surface area contributed by atoms with Crippen LogP contribution in [0.3, 0.4) is 0 Å². The molecule has 1 N–H and O–H groups in total. The Morgan fingerprint density at radius 1 is 1.35 bits per heavy atom. The van der Waals surface area contributed by atoms with E-state index in [1.807, 2.05) is 6.92 Å². The summed E-state index contributed by atoms with van der Waals surface area (Å²) in [7, 11) is 2.78. The van der Waals surface area contributed by atoms with Gasteiger partial charge in [-0.05, 0) is 38.5 Å². The first-order valence-electron chi connectivity index (χ1n) is 7.67. The van der Waals surface area contributed by atoms with E-state index in [-0.39, 0.29) is 5.56 Å². The lowest BCUT2D eigenvalue weighted by Crippen LogP contribution is -2.51. The molecule has 0 aliphatic rings. The van der Waals surface area contributed by atoms with Crippen LogP contribution in [-0.4, -0.2) is 38.1 Å². The van der Waals surface area contributed by atoms with E-state index in [4.69, 9.17) is 4.74 Å². The van der Waals surface area contributed by atoms with Gasteiger partial charge in [-0.25, -0.2) is 9.18 Å². The monoisotopic (exact) mass is 324 g/mol. The Labute approximate surface area is 136 Å². The van der Waals surface area contributed by atoms with Crippen LogP contribution in [-0.2, 0) is 9.53 Å². The zero-order chi connectivity index (χ0) is 17.6. The number of hydrogen-bond donors (Lipinski definition) is 1. The van der Waals surface area contributed by atoms with Crippen molar-refractivity contribution in [1.29, 1.82) is 0 Å². The number of carbonyl (C=O) groups excluding carboxylic acids is 2. The SMILES string of the molecule is CCCCN(c1ccc(C(=O)NC)c(F)c1)C(C)(C)C(=O)OC. The highest BCUT2D eigenvalue weighted by Crippen LogP contribution is 2.27. The number of carbonyl (C=O) groups is 2. The minimum atomic E-state index is -0.940. The normalized spacial score (nSPS) is 11.0. The number of rotatable bonds is 7. The van der Waals surface area contributed by atoms with Crippen molar-refractivity contribution in [3.05, 3.63) is 29.6 Å². The summed E-state index contributed by atoms with van der Waals surface area (Å²) in [6, 6.07) is 4.36. The summed E-state index contributed by atoms with van der Waals surface area (Å²) in [6.07, 6.45) is 1.78. The van der Waals surface area contributed by atoms with Crippen molar-refractivity contribution >= 4 is 17.6 Å². The smallest absolute Gasteiger partial charge is 0.331 e. The van der Waals surface area contributed by atoms with Gasteiger partial charge in [-0.15, -0.1) is 0 Å². The van der Waals surface area contributed by atoms with Crippen LogP contribution >= 0.6 is 0 Å². The highest BCUT2D eigenvalue weighted by molar-refractivity contribution is 5.94. The van der Waals surface area contributed by atoms with E-state index in [0.717, 1.165) is 12.8 Å².